The van der Waals surface area contributed by atoms with Gasteiger partial charge in [0.15, 0.2) is 0 Å². The van der Waals surface area contributed by atoms with Crippen molar-refractivity contribution in [2.75, 3.05) is 16.8 Å². The molecule has 5 heteroatoms. The first-order valence-electron chi connectivity index (χ1n) is 8.40. The van der Waals surface area contributed by atoms with Crippen molar-refractivity contribution in [3.8, 4) is 0 Å². The molecule has 0 aliphatic carbocycles. The molecule has 1 aromatic heterocycles. The molecule has 0 fully saturated rings. The molecule has 0 atom stereocenters. The van der Waals surface area contributed by atoms with Crippen molar-refractivity contribution in [2.45, 2.75) is 33.2 Å². The molecule has 1 aromatic carbocycles. The van der Waals surface area contributed by atoms with Crippen LogP contribution in [0.3, 0.4) is 0 Å². The first kappa shape index (κ1) is 16.3. The van der Waals surface area contributed by atoms with Crippen molar-refractivity contribution in [1.82, 2.24) is 4.98 Å². The third kappa shape index (κ3) is 3.67. The molecule has 3 rings (SSSR count). The second-order valence-electron chi connectivity index (χ2n) is 6.69. The van der Waals surface area contributed by atoms with E-state index >= 15 is 0 Å². The number of rotatable bonds is 5. The number of pyridine rings is 1. The Kier molecular flexibility index (Phi) is 4.69. The largest absolute Gasteiger partial charge is 0.381 e. The van der Waals surface area contributed by atoms with Gasteiger partial charge in [-0.1, -0.05) is 26.0 Å². The number of urea groups is 1. The first-order chi connectivity index (χ1) is 11.5. The molecule has 0 radical (unpaired) electrons. The van der Waals surface area contributed by atoms with Gasteiger partial charge in [-0.15, -0.1) is 0 Å². The lowest BCUT2D eigenvalue weighted by Crippen LogP contribution is -2.33. The number of nitrogens with zero attached hydrogens (tertiary/aromatic N) is 2. The van der Waals surface area contributed by atoms with Crippen LogP contribution in [0.4, 0.5) is 16.2 Å². The summed E-state index contributed by atoms with van der Waals surface area (Å²) in [5.41, 5.74) is 10.8. The van der Waals surface area contributed by atoms with Gasteiger partial charge in [-0.25, -0.2) is 4.79 Å². The van der Waals surface area contributed by atoms with Gasteiger partial charge in [-0.3, -0.25) is 9.88 Å². The minimum Gasteiger partial charge on any atom is -0.381 e. The molecule has 0 saturated carbocycles. The van der Waals surface area contributed by atoms with Crippen LogP contribution in [-0.4, -0.2) is 17.6 Å². The van der Waals surface area contributed by atoms with E-state index in [0.717, 1.165) is 35.5 Å². The van der Waals surface area contributed by atoms with Gasteiger partial charge in [0.1, 0.15) is 0 Å². The Balaban J connectivity index is 1.65. The predicted octanol–water partition coefficient (Wildman–Crippen LogP) is 3.33. The minimum absolute atomic E-state index is 0.393. The lowest BCUT2D eigenvalue weighted by molar-refractivity contribution is 0.254. The van der Waals surface area contributed by atoms with E-state index in [1.165, 1.54) is 5.56 Å². The van der Waals surface area contributed by atoms with Crippen LogP contribution >= 0.6 is 0 Å². The van der Waals surface area contributed by atoms with Gasteiger partial charge in [0.2, 0.25) is 0 Å². The van der Waals surface area contributed by atoms with E-state index in [-0.39, 0.29) is 0 Å². The number of amides is 2. The van der Waals surface area contributed by atoms with E-state index in [1.54, 1.807) is 4.90 Å². The summed E-state index contributed by atoms with van der Waals surface area (Å²) < 4.78 is 0. The van der Waals surface area contributed by atoms with Gasteiger partial charge in [-0.2, -0.15) is 0 Å². The summed E-state index contributed by atoms with van der Waals surface area (Å²) in [5.74, 6) is 0.612. The number of hydrogen-bond donors (Lipinski definition) is 2. The number of aromatic nitrogens is 1. The Labute approximate surface area is 142 Å². The summed E-state index contributed by atoms with van der Waals surface area (Å²) in [5, 5.41) is 3.39. The Hall–Kier alpha value is -2.56. The van der Waals surface area contributed by atoms with Crippen LogP contribution in [0.1, 0.15) is 30.7 Å². The van der Waals surface area contributed by atoms with Gasteiger partial charge in [0.25, 0.3) is 0 Å². The lowest BCUT2D eigenvalue weighted by atomic mass is 10.1. The number of carbonyl (C=O) groups excluding carboxylic acids is 1. The quantitative estimate of drug-likeness (QED) is 0.886. The molecule has 2 heterocycles. The maximum Gasteiger partial charge on any atom is 0.319 e. The maximum absolute atomic E-state index is 11.5. The summed E-state index contributed by atoms with van der Waals surface area (Å²) >= 11 is 0. The summed E-state index contributed by atoms with van der Waals surface area (Å²) in [6, 6.07) is 9.91. The molecule has 126 valence electrons. The molecule has 5 nitrogen and oxygen atoms in total. The van der Waals surface area contributed by atoms with E-state index < -0.39 is 6.03 Å². The number of carbonyl (C=O) groups is 1. The molecule has 3 N–H and O–H groups in total. The van der Waals surface area contributed by atoms with Crippen molar-refractivity contribution in [3.05, 3.63) is 53.3 Å². The van der Waals surface area contributed by atoms with E-state index in [0.29, 0.717) is 19.0 Å². The molecule has 1 aliphatic rings. The highest BCUT2D eigenvalue weighted by Gasteiger charge is 2.22. The Morgan fingerprint density at radius 1 is 1.33 bits per heavy atom. The Morgan fingerprint density at radius 2 is 2.17 bits per heavy atom. The maximum atomic E-state index is 11.5. The number of benzene rings is 1. The molecule has 1 aliphatic heterocycles. The number of nitrogens with one attached hydrogen (secondary N) is 1. The van der Waals surface area contributed by atoms with Gasteiger partial charge >= 0.3 is 6.03 Å². The molecule has 0 saturated heterocycles. The molecule has 2 amide bonds. The van der Waals surface area contributed by atoms with Gasteiger partial charge in [0.05, 0.1) is 5.69 Å². The predicted molar refractivity (Wildman–Crippen MR) is 97.2 cm³/mol. The van der Waals surface area contributed by atoms with Crippen molar-refractivity contribution in [3.63, 3.8) is 0 Å². The first-order valence-corrected chi connectivity index (χ1v) is 8.40. The van der Waals surface area contributed by atoms with Crippen LogP contribution in [0.5, 0.6) is 0 Å². The summed E-state index contributed by atoms with van der Waals surface area (Å²) in [4.78, 5) is 17.6. The van der Waals surface area contributed by atoms with Crippen LogP contribution in [-0.2, 0) is 19.4 Å². The lowest BCUT2D eigenvalue weighted by Gasteiger charge is -2.15. The summed E-state index contributed by atoms with van der Waals surface area (Å²) in [6.07, 6.45) is 3.79. The molecule has 0 spiro atoms. The molecule has 24 heavy (non-hydrogen) atoms. The van der Waals surface area contributed by atoms with Crippen LogP contribution in [0, 0.1) is 5.92 Å². The SMILES string of the molecule is CC(C)Cc1ccc(CNc2ccc3c(c2)N(C(N)=O)CC3)cn1. The van der Waals surface area contributed by atoms with Crippen LogP contribution in [0.15, 0.2) is 36.5 Å². The number of hydrogen-bond acceptors (Lipinski definition) is 3. The fraction of sp³-hybridized carbons (Fsp3) is 0.368. The third-order valence-electron chi connectivity index (χ3n) is 4.25. The van der Waals surface area contributed by atoms with Gasteiger partial charge in [0, 0.05) is 30.7 Å². The molecular formula is C19H24N4O. The standard InChI is InChI=1S/C19H24N4O/c1-13(2)9-16-5-3-14(11-21-16)12-22-17-6-4-15-7-8-23(19(20)24)18(15)10-17/h3-6,10-11,13,22H,7-9,12H2,1-2H3,(H2,20,24). The zero-order chi connectivity index (χ0) is 17.1. The van der Waals surface area contributed by atoms with Crippen molar-refractivity contribution >= 4 is 17.4 Å². The normalized spacial score (nSPS) is 13.2. The second-order valence-corrected chi connectivity index (χ2v) is 6.69. The monoisotopic (exact) mass is 324 g/mol. The Morgan fingerprint density at radius 3 is 2.83 bits per heavy atom. The highest BCUT2D eigenvalue weighted by molar-refractivity contribution is 5.93. The number of primary amides is 1. The molecule has 0 unspecified atom stereocenters. The Bertz CT molecular complexity index is 725. The summed E-state index contributed by atoms with van der Waals surface area (Å²) in [6.45, 7) is 5.75. The average molecular weight is 324 g/mol. The van der Waals surface area contributed by atoms with E-state index in [4.69, 9.17) is 5.73 Å². The second kappa shape index (κ2) is 6.91. The number of anilines is 2. The highest BCUT2D eigenvalue weighted by Crippen LogP contribution is 2.30. The topological polar surface area (TPSA) is 71.2 Å². The van der Waals surface area contributed by atoms with Crippen molar-refractivity contribution in [2.24, 2.45) is 11.7 Å². The van der Waals surface area contributed by atoms with Crippen LogP contribution < -0.4 is 16.0 Å². The fourth-order valence-electron chi connectivity index (χ4n) is 3.02. The third-order valence-corrected chi connectivity index (χ3v) is 4.25. The average Bonchev–Trinajstić information content (AvgIpc) is 2.97. The zero-order valence-electron chi connectivity index (χ0n) is 14.2. The van der Waals surface area contributed by atoms with Gasteiger partial charge in [-0.05, 0) is 48.1 Å². The van der Waals surface area contributed by atoms with E-state index in [1.807, 2.05) is 18.3 Å². The van der Waals surface area contributed by atoms with Gasteiger partial charge < -0.3 is 11.1 Å². The van der Waals surface area contributed by atoms with Crippen LogP contribution in [0.25, 0.3) is 0 Å². The van der Waals surface area contributed by atoms with E-state index in [2.05, 4.69) is 42.3 Å². The minimum atomic E-state index is -0.393. The molecule has 0 bridgehead atoms. The fourth-order valence-corrected chi connectivity index (χ4v) is 3.02. The van der Waals surface area contributed by atoms with E-state index in [9.17, 15) is 4.79 Å². The van der Waals surface area contributed by atoms with Crippen molar-refractivity contribution < 1.29 is 4.79 Å². The molecule has 2 aromatic rings. The van der Waals surface area contributed by atoms with Crippen molar-refractivity contribution in [1.29, 1.82) is 0 Å². The zero-order valence-corrected chi connectivity index (χ0v) is 14.2. The highest BCUT2D eigenvalue weighted by atomic mass is 16.2. The summed E-state index contributed by atoms with van der Waals surface area (Å²) in [7, 11) is 0. The number of fused-ring (bicyclic) bond motifs is 1. The van der Waals surface area contributed by atoms with Crippen LogP contribution in [0.2, 0.25) is 0 Å². The smallest absolute Gasteiger partial charge is 0.319 e. The number of nitrogens with two attached hydrogens (primary N) is 1. The molecular weight excluding hydrogens is 300 g/mol.